The quantitative estimate of drug-likeness (QED) is 0.662. The van der Waals surface area contributed by atoms with Crippen molar-refractivity contribution >= 4 is 23.4 Å². The van der Waals surface area contributed by atoms with E-state index in [-0.39, 0.29) is 5.91 Å². The molecule has 0 aromatic heterocycles. The number of benzene rings is 3. The lowest BCUT2D eigenvalue weighted by molar-refractivity contribution is 0.102. The molecule has 3 rings (SSSR count). The fraction of sp³-hybridized carbons (Fsp3) is 0.0909. The van der Waals surface area contributed by atoms with Gasteiger partial charge in [0.25, 0.3) is 5.91 Å². The Morgan fingerprint density at radius 1 is 1.00 bits per heavy atom. The number of hydrogen-bond donors (Lipinski definition) is 1. The van der Waals surface area contributed by atoms with Gasteiger partial charge in [0.15, 0.2) is 0 Å². The van der Waals surface area contributed by atoms with Crippen LogP contribution in [0, 0.1) is 25.2 Å². The van der Waals surface area contributed by atoms with Gasteiger partial charge in [0.1, 0.15) is 6.07 Å². The molecule has 3 nitrogen and oxygen atoms in total. The summed E-state index contributed by atoms with van der Waals surface area (Å²) in [6.45, 7) is 3.94. The van der Waals surface area contributed by atoms with Gasteiger partial charge in [0, 0.05) is 21.0 Å². The highest BCUT2D eigenvalue weighted by Gasteiger charge is 2.11. The SMILES string of the molecule is Cc1ccc(Sc2ccc(NC(=O)c3ccccc3C)cc2C#N)cc1. The summed E-state index contributed by atoms with van der Waals surface area (Å²) in [7, 11) is 0. The first-order chi connectivity index (χ1) is 12.6. The zero-order valence-corrected chi connectivity index (χ0v) is 15.4. The fourth-order valence-electron chi connectivity index (χ4n) is 2.54. The Morgan fingerprint density at radius 3 is 2.42 bits per heavy atom. The van der Waals surface area contributed by atoms with Crippen molar-refractivity contribution in [2.24, 2.45) is 0 Å². The molecule has 0 saturated carbocycles. The van der Waals surface area contributed by atoms with Crippen molar-refractivity contribution in [1.29, 1.82) is 5.26 Å². The second-order valence-electron chi connectivity index (χ2n) is 6.01. The smallest absolute Gasteiger partial charge is 0.255 e. The van der Waals surface area contributed by atoms with Crippen molar-refractivity contribution < 1.29 is 4.79 Å². The molecule has 4 heteroatoms. The predicted molar refractivity (Wildman–Crippen MR) is 106 cm³/mol. The highest BCUT2D eigenvalue weighted by atomic mass is 32.2. The molecular formula is C22H18N2OS. The number of nitrogens with one attached hydrogen (secondary N) is 1. The third-order valence-corrected chi connectivity index (χ3v) is 5.08. The van der Waals surface area contributed by atoms with Gasteiger partial charge >= 0.3 is 0 Å². The summed E-state index contributed by atoms with van der Waals surface area (Å²) in [5, 5.41) is 12.4. The van der Waals surface area contributed by atoms with Gasteiger partial charge in [-0.05, 0) is 55.8 Å². The van der Waals surface area contributed by atoms with Crippen molar-refractivity contribution in [3.8, 4) is 6.07 Å². The first kappa shape index (κ1) is 17.8. The molecule has 0 saturated heterocycles. The first-order valence-electron chi connectivity index (χ1n) is 8.22. The summed E-state index contributed by atoms with van der Waals surface area (Å²) in [5.41, 5.74) is 3.89. The van der Waals surface area contributed by atoms with Gasteiger partial charge in [0.2, 0.25) is 0 Å². The van der Waals surface area contributed by atoms with Crippen LogP contribution in [0.4, 0.5) is 5.69 Å². The third kappa shape index (κ3) is 4.14. The molecule has 0 aliphatic carbocycles. The van der Waals surface area contributed by atoms with Crippen LogP contribution in [0.1, 0.15) is 27.0 Å². The highest BCUT2D eigenvalue weighted by molar-refractivity contribution is 7.99. The van der Waals surface area contributed by atoms with Crippen LogP contribution in [-0.4, -0.2) is 5.91 Å². The van der Waals surface area contributed by atoms with Crippen LogP contribution < -0.4 is 5.32 Å². The van der Waals surface area contributed by atoms with Crippen molar-refractivity contribution in [3.05, 3.63) is 89.0 Å². The van der Waals surface area contributed by atoms with E-state index in [9.17, 15) is 10.1 Å². The number of carbonyl (C=O) groups excluding carboxylic acids is 1. The van der Waals surface area contributed by atoms with Crippen molar-refractivity contribution in [2.75, 3.05) is 5.32 Å². The minimum absolute atomic E-state index is 0.175. The Kier molecular flexibility index (Phi) is 5.40. The number of amides is 1. The van der Waals surface area contributed by atoms with E-state index in [0.717, 1.165) is 15.4 Å². The molecular weight excluding hydrogens is 340 g/mol. The number of aryl methyl sites for hydroxylation is 2. The average molecular weight is 358 g/mol. The van der Waals surface area contributed by atoms with Gasteiger partial charge in [0.05, 0.1) is 5.56 Å². The van der Waals surface area contributed by atoms with Crippen LogP contribution in [-0.2, 0) is 0 Å². The van der Waals surface area contributed by atoms with Gasteiger partial charge in [-0.1, -0.05) is 47.7 Å². The van der Waals surface area contributed by atoms with Crippen molar-refractivity contribution in [3.63, 3.8) is 0 Å². The van der Waals surface area contributed by atoms with Crippen LogP contribution in [0.2, 0.25) is 0 Å². The third-order valence-electron chi connectivity index (χ3n) is 4.00. The van der Waals surface area contributed by atoms with Crippen LogP contribution in [0.5, 0.6) is 0 Å². The Balaban J connectivity index is 1.80. The lowest BCUT2D eigenvalue weighted by atomic mass is 10.1. The van der Waals surface area contributed by atoms with E-state index < -0.39 is 0 Å². The lowest BCUT2D eigenvalue weighted by Gasteiger charge is -2.10. The molecule has 1 amide bonds. The van der Waals surface area contributed by atoms with E-state index in [1.165, 1.54) is 17.3 Å². The van der Waals surface area contributed by atoms with Crippen LogP contribution >= 0.6 is 11.8 Å². The molecule has 0 unspecified atom stereocenters. The molecule has 0 spiro atoms. The average Bonchev–Trinajstić information content (AvgIpc) is 2.65. The molecule has 0 aliphatic heterocycles. The Bertz CT molecular complexity index is 988. The summed E-state index contributed by atoms with van der Waals surface area (Å²) < 4.78 is 0. The summed E-state index contributed by atoms with van der Waals surface area (Å²) in [5.74, 6) is -0.175. The molecule has 128 valence electrons. The molecule has 0 heterocycles. The lowest BCUT2D eigenvalue weighted by Crippen LogP contribution is -2.13. The maximum Gasteiger partial charge on any atom is 0.255 e. The minimum atomic E-state index is -0.175. The zero-order chi connectivity index (χ0) is 18.5. The summed E-state index contributed by atoms with van der Waals surface area (Å²) >= 11 is 1.54. The Labute approximate surface area is 157 Å². The van der Waals surface area contributed by atoms with Gasteiger partial charge in [-0.3, -0.25) is 4.79 Å². The number of carbonyl (C=O) groups is 1. The van der Waals surface area contributed by atoms with Gasteiger partial charge in [-0.2, -0.15) is 5.26 Å². The maximum absolute atomic E-state index is 12.4. The number of rotatable bonds is 4. The number of anilines is 1. The van der Waals surface area contributed by atoms with Crippen LogP contribution in [0.25, 0.3) is 0 Å². The first-order valence-corrected chi connectivity index (χ1v) is 9.04. The maximum atomic E-state index is 12.4. The Morgan fingerprint density at radius 2 is 1.73 bits per heavy atom. The van der Waals surface area contributed by atoms with Gasteiger partial charge in [-0.25, -0.2) is 0 Å². The summed E-state index contributed by atoms with van der Waals surface area (Å²) in [6.07, 6.45) is 0. The summed E-state index contributed by atoms with van der Waals surface area (Å²) in [4.78, 5) is 14.4. The number of nitrogens with zero attached hydrogens (tertiary/aromatic N) is 1. The molecule has 26 heavy (non-hydrogen) atoms. The molecule has 0 atom stereocenters. The molecule has 0 fully saturated rings. The predicted octanol–water partition coefficient (Wildman–Crippen LogP) is 5.58. The van der Waals surface area contributed by atoms with Crippen LogP contribution in [0.3, 0.4) is 0 Å². The highest BCUT2D eigenvalue weighted by Crippen LogP contribution is 2.32. The monoisotopic (exact) mass is 358 g/mol. The van der Waals surface area contributed by atoms with E-state index in [1.807, 2.05) is 68.4 Å². The van der Waals surface area contributed by atoms with E-state index in [4.69, 9.17) is 0 Å². The van der Waals surface area contributed by atoms with Crippen molar-refractivity contribution in [2.45, 2.75) is 23.6 Å². The van der Waals surface area contributed by atoms with Gasteiger partial charge < -0.3 is 5.32 Å². The van der Waals surface area contributed by atoms with E-state index in [1.54, 1.807) is 12.1 Å². The van der Waals surface area contributed by atoms with Crippen molar-refractivity contribution in [1.82, 2.24) is 0 Å². The van der Waals surface area contributed by atoms with E-state index >= 15 is 0 Å². The van der Waals surface area contributed by atoms with E-state index in [0.29, 0.717) is 16.8 Å². The fourth-order valence-corrected chi connectivity index (χ4v) is 3.42. The molecule has 0 bridgehead atoms. The normalized spacial score (nSPS) is 10.2. The largest absolute Gasteiger partial charge is 0.322 e. The van der Waals surface area contributed by atoms with Gasteiger partial charge in [-0.15, -0.1) is 0 Å². The minimum Gasteiger partial charge on any atom is -0.322 e. The van der Waals surface area contributed by atoms with Crippen LogP contribution in [0.15, 0.2) is 76.5 Å². The molecule has 3 aromatic carbocycles. The Hall–Kier alpha value is -3.03. The molecule has 1 N–H and O–H groups in total. The second kappa shape index (κ2) is 7.90. The summed E-state index contributed by atoms with van der Waals surface area (Å²) in [6, 6.07) is 23.2. The standard InChI is InChI=1S/C22H18N2OS/c1-15-7-10-19(11-8-15)26-21-12-9-18(13-17(21)14-23)24-22(25)20-6-4-3-5-16(20)2/h3-13H,1-2H3,(H,24,25). The number of hydrogen-bond acceptors (Lipinski definition) is 3. The zero-order valence-electron chi connectivity index (χ0n) is 14.6. The number of nitriles is 1. The second-order valence-corrected chi connectivity index (χ2v) is 7.12. The topological polar surface area (TPSA) is 52.9 Å². The van der Waals surface area contributed by atoms with E-state index in [2.05, 4.69) is 11.4 Å². The molecule has 0 aliphatic rings. The molecule has 0 radical (unpaired) electrons. The molecule has 3 aromatic rings.